The molecule has 110 valence electrons. The molecule has 0 unspecified atom stereocenters. The number of nitrogens with zero attached hydrogens (tertiary/aromatic N) is 3. The minimum atomic E-state index is -0.946. The van der Waals surface area contributed by atoms with Crippen LogP contribution in [0, 0.1) is 11.6 Å². The van der Waals surface area contributed by atoms with E-state index in [9.17, 15) is 8.78 Å². The van der Waals surface area contributed by atoms with E-state index in [4.69, 9.17) is 16.0 Å². The van der Waals surface area contributed by atoms with Gasteiger partial charge in [-0.2, -0.15) is 0 Å². The van der Waals surface area contributed by atoms with Gasteiger partial charge in [0, 0.05) is 6.42 Å². The Hall–Kier alpha value is -1.95. The molecule has 0 aliphatic carbocycles. The van der Waals surface area contributed by atoms with Gasteiger partial charge >= 0.3 is 0 Å². The van der Waals surface area contributed by atoms with Crippen molar-refractivity contribution in [3.63, 3.8) is 0 Å². The number of rotatable bonds is 4. The summed E-state index contributed by atoms with van der Waals surface area (Å²) in [6, 6.07) is 2.47. The van der Waals surface area contributed by atoms with E-state index in [2.05, 4.69) is 9.97 Å². The third kappa shape index (κ3) is 2.40. The molecular weight excluding hydrogens is 300 g/mol. The summed E-state index contributed by atoms with van der Waals surface area (Å²) >= 11 is 5.84. The molecule has 0 aliphatic heterocycles. The van der Waals surface area contributed by atoms with Crippen LogP contribution in [0.3, 0.4) is 0 Å². The molecule has 3 aromatic rings. The normalized spacial score (nSPS) is 11.4. The fourth-order valence-electron chi connectivity index (χ4n) is 2.20. The fourth-order valence-corrected chi connectivity index (χ4v) is 2.40. The molecule has 0 aliphatic rings. The second-order valence-corrected chi connectivity index (χ2v) is 4.82. The van der Waals surface area contributed by atoms with Crippen LogP contribution >= 0.6 is 11.6 Å². The number of aryl methyl sites for hydroxylation is 1. The zero-order chi connectivity index (χ0) is 15.0. The summed E-state index contributed by atoms with van der Waals surface area (Å²) in [4.78, 5) is 8.33. The predicted molar refractivity (Wildman–Crippen MR) is 74.2 cm³/mol. The van der Waals surface area contributed by atoms with Crippen LogP contribution < -0.4 is 0 Å². The number of benzene rings is 1. The zero-order valence-electron chi connectivity index (χ0n) is 11.2. The number of hydrogen-bond acceptors (Lipinski definition) is 3. The number of aromatic nitrogens is 3. The molecule has 0 saturated heterocycles. The van der Waals surface area contributed by atoms with Crippen LogP contribution in [0.4, 0.5) is 8.78 Å². The Kier molecular flexibility index (Phi) is 3.63. The summed E-state index contributed by atoms with van der Waals surface area (Å²) in [5.74, 6) is -0.218. The van der Waals surface area contributed by atoms with Gasteiger partial charge < -0.3 is 8.98 Å². The van der Waals surface area contributed by atoms with E-state index in [-0.39, 0.29) is 17.9 Å². The van der Waals surface area contributed by atoms with Crippen molar-refractivity contribution in [3.8, 4) is 0 Å². The Morgan fingerprint density at radius 1 is 1.33 bits per heavy atom. The number of halogens is 3. The number of imidazole rings is 1. The van der Waals surface area contributed by atoms with Crippen LogP contribution in [0.5, 0.6) is 0 Å². The van der Waals surface area contributed by atoms with Crippen molar-refractivity contribution in [2.45, 2.75) is 25.8 Å². The second-order valence-electron chi connectivity index (χ2n) is 4.55. The van der Waals surface area contributed by atoms with Crippen molar-refractivity contribution in [2.75, 3.05) is 0 Å². The number of hydrogen-bond donors (Lipinski definition) is 0. The van der Waals surface area contributed by atoms with Crippen molar-refractivity contribution >= 4 is 22.6 Å². The average molecular weight is 312 g/mol. The van der Waals surface area contributed by atoms with Crippen LogP contribution in [0.1, 0.15) is 24.4 Å². The van der Waals surface area contributed by atoms with E-state index in [1.165, 1.54) is 10.6 Å². The number of oxazole rings is 1. The Labute approximate surface area is 124 Å². The Bertz CT molecular complexity index is 797. The predicted octanol–water partition coefficient (Wildman–Crippen LogP) is 3.65. The SMILES string of the molecule is CCc1cnc(Cn2c(CCl)nc3ccc(F)c(F)c32)o1. The van der Waals surface area contributed by atoms with Crippen molar-refractivity contribution in [2.24, 2.45) is 0 Å². The van der Waals surface area contributed by atoms with Crippen molar-refractivity contribution < 1.29 is 13.2 Å². The van der Waals surface area contributed by atoms with Gasteiger partial charge in [-0.3, -0.25) is 0 Å². The lowest BCUT2D eigenvalue weighted by Gasteiger charge is -2.05. The molecule has 2 heterocycles. The van der Waals surface area contributed by atoms with Gasteiger partial charge in [0.25, 0.3) is 0 Å². The van der Waals surface area contributed by atoms with Crippen LogP contribution in [0.2, 0.25) is 0 Å². The summed E-state index contributed by atoms with van der Waals surface area (Å²) < 4.78 is 34.5. The maximum atomic E-state index is 14.1. The van der Waals surface area contributed by atoms with Crippen LogP contribution in [-0.2, 0) is 18.8 Å². The van der Waals surface area contributed by atoms with Gasteiger partial charge in [-0.05, 0) is 12.1 Å². The lowest BCUT2D eigenvalue weighted by molar-refractivity contribution is 0.444. The summed E-state index contributed by atoms with van der Waals surface area (Å²) in [5.41, 5.74) is 0.425. The third-order valence-corrected chi connectivity index (χ3v) is 3.48. The molecular formula is C14H12ClF2N3O. The van der Waals surface area contributed by atoms with E-state index in [0.29, 0.717) is 23.7 Å². The zero-order valence-corrected chi connectivity index (χ0v) is 12.0. The monoisotopic (exact) mass is 311 g/mol. The molecule has 7 heteroatoms. The highest BCUT2D eigenvalue weighted by Gasteiger charge is 2.18. The first kappa shape index (κ1) is 14.0. The molecule has 0 radical (unpaired) electrons. The highest BCUT2D eigenvalue weighted by Crippen LogP contribution is 2.24. The molecule has 0 atom stereocenters. The molecule has 21 heavy (non-hydrogen) atoms. The largest absolute Gasteiger partial charge is 0.444 e. The average Bonchev–Trinajstić information content (AvgIpc) is 3.08. The van der Waals surface area contributed by atoms with Gasteiger partial charge in [0.2, 0.25) is 5.89 Å². The molecule has 0 N–H and O–H groups in total. The lowest BCUT2D eigenvalue weighted by Crippen LogP contribution is -2.05. The van der Waals surface area contributed by atoms with E-state index in [1.54, 1.807) is 6.20 Å². The van der Waals surface area contributed by atoms with E-state index in [0.717, 1.165) is 11.8 Å². The topological polar surface area (TPSA) is 43.9 Å². The molecule has 0 amide bonds. The number of fused-ring (bicyclic) bond motifs is 1. The van der Waals surface area contributed by atoms with E-state index < -0.39 is 11.6 Å². The summed E-state index contributed by atoms with van der Waals surface area (Å²) in [6.07, 6.45) is 2.33. The molecule has 0 bridgehead atoms. The minimum Gasteiger partial charge on any atom is -0.444 e. The Morgan fingerprint density at radius 2 is 2.14 bits per heavy atom. The van der Waals surface area contributed by atoms with Crippen molar-refractivity contribution in [1.82, 2.24) is 14.5 Å². The van der Waals surface area contributed by atoms with E-state index in [1.807, 2.05) is 6.92 Å². The maximum absolute atomic E-state index is 14.1. The first-order valence-electron chi connectivity index (χ1n) is 6.46. The van der Waals surface area contributed by atoms with Crippen molar-refractivity contribution in [3.05, 3.63) is 47.4 Å². The van der Waals surface area contributed by atoms with E-state index >= 15 is 0 Å². The number of alkyl halides is 1. The molecule has 0 spiro atoms. The lowest BCUT2D eigenvalue weighted by atomic mass is 10.3. The fraction of sp³-hybridized carbons (Fsp3) is 0.286. The molecule has 3 rings (SSSR count). The van der Waals surface area contributed by atoms with Crippen LogP contribution in [-0.4, -0.2) is 14.5 Å². The molecule has 1 aromatic carbocycles. The standard InChI is InChI=1S/C14H12ClF2N3O/c1-2-8-6-18-12(21-8)7-20-11(5-15)19-10-4-3-9(16)13(17)14(10)20/h3-4,6H,2,5,7H2,1H3. The van der Waals surface area contributed by atoms with Gasteiger partial charge in [-0.25, -0.2) is 18.7 Å². The van der Waals surface area contributed by atoms with Gasteiger partial charge in [0.15, 0.2) is 11.6 Å². The third-order valence-electron chi connectivity index (χ3n) is 3.24. The van der Waals surface area contributed by atoms with Gasteiger partial charge in [-0.15, -0.1) is 11.6 Å². The van der Waals surface area contributed by atoms with Crippen LogP contribution in [0.15, 0.2) is 22.7 Å². The Balaban J connectivity index is 2.13. The first-order chi connectivity index (χ1) is 10.1. The van der Waals surface area contributed by atoms with Crippen molar-refractivity contribution in [1.29, 1.82) is 0 Å². The smallest absolute Gasteiger partial charge is 0.214 e. The second kappa shape index (κ2) is 5.44. The molecule has 0 fully saturated rings. The highest BCUT2D eigenvalue weighted by atomic mass is 35.5. The van der Waals surface area contributed by atoms with Crippen LogP contribution in [0.25, 0.3) is 11.0 Å². The first-order valence-corrected chi connectivity index (χ1v) is 7.00. The summed E-state index contributed by atoms with van der Waals surface area (Å²) in [7, 11) is 0. The minimum absolute atomic E-state index is 0.0712. The highest BCUT2D eigenvalue weighted by molar-refractivity contribution is 6.16. The molecule has 0 saturated carbocycles. The van der Waals surface area contributed by atoms with Gasteiger partial charge in [0.1, 0.15) is 23.6 Å². The Morgan fingerprint density at radius 3 is 2.81 bits per heavy atom. The van der Waals surface area contributed by atoms with Gasteiger partial charge in [0.05, 0.1) is 17.6 Å². The molecule has 2 aromatic heterocycles. The maximum Gasteiger partial charge on any atom is 0.214 e. The summed E-state index contributed by atoms with van der Waals surface area (Å²) in [5, 5.41) is 0. The van der Waals surface area contributed by atoms with Gasteiger partial charge in [-0.1, -0.05) is 6.92 Å². The quantitative estimate of drug-likeness (QED) is 0.691. The summed E-state index contributed by atoms with van der Waals surface area (Å²) in [6.45, 7) is 2.09. The molecule has 4 nitrogen and oxygen atoms in total.